The van der Waals surface area contributed by atoms with Crippen molar-refractivity contribution in [2.45, 2.75) is 12.5 Å². The monoisotopic (exact) mass is 188 g/mol. The Hall–Kier alpha value is -0.650. The first kappa shape index (κ1) is 10.4. The van der Waals surface area contributed by atoms with E-state index in [9.17, 15) is 9.90 Å². The summed E-state index contributed by atoms with van der Waals surface area (Å²) in [4.78, 5) is 13.0. The van der Waals surface area contributed by atoms with E-state index in [1.807, 2.05) is 0 Å². The van der Waals surface area contributed by atoms with Gasteiger partial charge in [0, 0.05) is 26.1 Å². The van der Waals surface area contributed by atoms with Crippen molar-refractivity contribution < 1.29 is 14.6 Å². The SMILES string of the molecule is NCCC(=O)N1CCOCC(O)C1. The van der Waals surface area contributed by atoms with Crippen LogP contribution >= 0.6 is 0 Å². The summed E-state index contributed by atoms with van der Waals surface area (Å²) >= 11 is 0. The zero-order valence-corrected chi connectivity index (χ0v) is 7.61. The minimum Gasteiger partial charge on any atom is -0.389 e. The largest absolute Gasteiger partial charge is 0.389 e. The third-order valence-corrected chi connectivity index (χ3v) is 1.96. The smallest absolute Gasteiger partial charge is 0.224 e. The van der Waals surface area contributed by atoms with Gasteiger partial charge in [-0.05, 0) is 0 Å². The minimum absolute atomic E-state index is 0.00736. The highest BCUT2D eigenvalue weighted by atomic mass is 16.5. The highest BCUT2D eigenvalue weighted by Gasteiger charge is 2.19. The molecule has 76 valence electrons. The van der Waals surface area contributed by atoms with Crippen LogP contribution in [-0.2, 0) is 9.53 Å². The van der Waals surface area contributed by atoms with Crippen LogP contribution in [-0.4, -0.2) is 54.9 Å². The molecule has 1 atom stereocenters. The Bertz CT molecular complexity index is 175. The number of amides is 1. The van der Waals surface area contributed by atoms with Crippen molar-refractivity contribution in [2.75, 3.05) is 32.8 Å². The first-order valence-corrected chi connectivity index (χ1v) is 4.47. The van der Waals surface area contributed by atoms with E-state index in [-0.39, 0.29) is 5.91 Å². The second-order valence-electron chi connectivity index (χ2n) is 3.11. The van der Waals surface area contributed by atoms with E-state index in [0.29, 0.717) is 39.3 Å². The molecule has 1 heterocycles. The lowest BCUT2D eigenvalue weighted by atomic mass is 10.3. The number of hydrogen-bond acceptors (Lipinski definition) is 4. The average Bonchev–Trinajstić information content (AvgIpc) is 2.30. The van der Waals surface area contributed by atoms with Crippen molar-refractivity contribution in [2.24, 2.45) is 5.73 Å². The van der Waals surface area contributed by atoms with Gasteiger partial charge in [0.1, 0.15) is 0 Å². The van der Waals surface area contributed by atoms with E-state index in [1.54, 1.807) is 4.90 Å². The summed E-state index contributed by atoms with van der Waals surface area (Å²) < 4.78 is 5.09. The Morgan fingerprint density at radius 3 is 3.15 bits per heavy atom. The Labute approximate surface area is 77.5 Å². The van der Waals surface area contributed by atoms with Gasteiger partial charge in [-0.2, -0.15) is 0 Å². The normalized spacial score (nSPS) is 24.2. The molecule has 0 radical (unpaired) electrons. The zero-order chi connectivity index (χ0) is 9.68. The van der Waals surface area contributed by atoms with Gasteiger partial charge in [-0.15, -0.1) is 0 Å². The lowest BCUT2D eigenvalue weighted by molar-refractivity contribution is -0.131. The van der Waals surface area contributed by atoms with Gasteiger partial charge in [0.25, 0.3) is 0 Å². The molecule has 1 rings (SSSR count). The molecule has 13 heavy (non-hydrogen) atoms. The summed E-state index contributed by atoms with van der Waals surface area (Å²) in [6.45, 7) is 2.07. The van der Waals surface area contributed by atoms with Crippen molar-refractivity contribution in [3.8, 4) is 0 Å². The summed E-state index contributed by atoms with van der Waals surface area (Å²) in [6.07, 6.45) is -0.226. The fourth-order valence-corrected chi connectivity index (χ4v) is 1.30. The van der Waals surface area contributed by atoms with Crippen LogP contribution in [0.1, 0.15) is 6.42 Å². The Balaban J connectivity index is 2.42. The van der Waals surface area contributed by atoms with Crippen LogP contribution in [0.25, 0.3) is 0 Å². The highest BCUT2D eigenvalue weighted by molar-refractivity contribution is 5.76. The van der Waals surface area contributed by atoms with Crippen molar-refractivity contribution in [3.05, 3.63) is 0 Å². The molecule has 0 aromatic carbocycles. The van der Waals surface area contributed by atoms with E-state index < -0.39 is 6.10 Å². The number of nitrogens with two attached hydrogens (primary N) is 1. The highest BCUT2D eigenvalue weighted by Crippen LogP contribution is 2.01. The van der Waals surface area contributed by atoms with Crippen LogP contribution in [0, 0.1) is 0 Å². The maximum Gasteiger partial charge on any atom is 0.224 e. The number of aliphatic hydroxyl groups is 1. The Morgan fingerprint density at radius 2 is 2.46 bits per heavy atom. The molecule has 0 bridgehead atoms. The summed E-state index contributed by atoms with van der Waals surface area (Å²) in [5.41, 5.74) is 5.27. The van der Waals surface area contributed by atoms with Crippen LogP contribution in [0.5, 0.6) is 0 Å². The molecule has 1 aliphatic rings. The maximum absolute atomic E-state index is 11.4. The zero-order valence-electron chi connectivity index (χ0n) is 7.61. The molecule has 1 fully saturated rings. The molecule has 1 unspecified atom stereocenters. The van der Waals surface area contributed by atoms with Gasteiger partial charge in [-0.3, -0.25) is 4.79 Å². The quantitative estimate of drug-likeness (QED) is 0.556. The summed E-state index contributed by atoms with van der Waals surface area (Å²) in [5, 5.41) is 9.33. The lowest BCUT2D eigenvalue weighted by Crippen LogP contribution is -2.38. The molecule has 0 aromatic heterocycles. The third-order valence-electron chi connectivity index (χ3n) is 1.96. The second kappa shape index (κ2) is 5.16. The van der Waals surface area contributed by atoms with Gasteiger partial charge >= 0.3 is 0 Å². The van der Waals surface area contributed by atoms with Gasteiger partial charge in [-0.1, -0.05) is 0 Å². The lowest BCUT2D eigenvalue weighted by Gasteiger charge is -2.20. The summed E-state index contributed by atoms with van der Waals surface area (Å²) in [7, 11) is 0. The van der Waals surface area contributed by atoms with E-state index in [0.717, 1.165) is 0 Å². The molecular formula is C8H16N2O3. The van der Waals surface area contributed by atoms with Gasteiger partial charge in [-0.25, -0.2) is 0 Å². The van der Waals surface area contributed by atoms with Crippen LogP contribution in [0.2, 0.25) is 0 Å². The number of aliphatic hydroxyl groups excluding tert-OH is 1. The number of carbonyl (C=O) groups excluding carboxylic acids is 1. The van der Waals surface area contributed by atoms with Gasteiger partial charge in [0.2, 0.25) is 5.91 Å². The van der Waals surface area contributed by atoms with E-state index in [1.165, 1.54) is 0 Å². The predicted octanol–water partition coefficient (Wildman–Crippen LogP) is -1.45. The number of hydrogen-bond donors (Lipinski definition) is 2. The van der Waals surface area contributed by atoms with Crippen LogP contribution < -0.4 is 5.73 Å². The molecule has 1 saturated heterocycles. The van der Waals surface area contributed by atoms with E-state index in [2.05, 4.69) is 0 Å². The molecule has 5 nitrogen and oxygen atoms in total. The minimum atomic E-state index is -0.566. The predicted molar refractivity (Wildman–Crippen MR) is 47.1 cm³/mol. The first-order valence-electron chi connectivity index (χ1n) is 4.47. The standard InChI is InChI=1S/C8H16N2O3/c9-2-1-8(12)10-3-4-13-6-7(11)5-10/h7,11H,1-6,9H2. The number of rotatable bonds is 2. The molecule has 5 heteroatoms. The van der Waals surface area contributed by atoms with Crippen LogP contribution in [0.15, 0.2) is 0 Å². The molecule has 0 aromatic rings. The molecule has 0 saturated carbocycles. The van der Waals surface area contributed by atoms with Crippen molar-refractivity contribution in [1.82, 2.24) is 4.90 Å². The number of carbonyl (C=O) groups is 1. The number of ether oxygens (including phenoxy) is 1. The summed E-state index contributed by atoms with van der Waals surface area (Å²) in [6, 6.07) is 0. The molecule has 3 N–H and O–H groups in total. The molecule has 0 spiro atoms. The van der Waals surface area contributed by atoms with E-state index in [4.69, 9.17) is 10.5 Å². The van der Waals surface area contributed by atoms with Gasteiger partial charge in [0.15, 0.2) is 0 Å². The van der Waals surface area contributed by atoms with Crippen molar-refractivity contribution in [1.29, 1.82) is 0 Å². The van der Waals surface area contributed by atoms with E-state index >= 15 is 0 Å². The van der Waals surface area contributed by atoms with Gasteiger partial charge in [0.05, 0.1) is 19.3 Å². The Kier molecular flexibility index (Phi) is 4.14. The summed E-state index contributed by atoms with van der Waals surface area (Å²) in [5.74, 6) is -0.00736. The van der Waals surface area contributed by atoms with Gasteiger partial charge < -0.3 is 20.5 Å². The number of nitrogens with zero attached hydrogens (tertiary/aromatic N) is 1. The fraction of sp³-hybridized carbons (Fsp3) is 0.875. The first-order chi connectivity index (χ1) is 6.24. The van der Waals surface area contributed by atoms with Crippen LogP contribution in [0.4, 0.5) is 0 Å². The van der Waals surface area contributed by atoms with Crippen molar-refractivity contribution >= 4 is 5.91 Å². The average molecular weight is 188 g/mol. The Morgan fingerprint density at radius 1 is 1.69 bits per heavy atom. The molecule has 1 amide bonds. The maximum atomic E-state index is 11.4. The second-order valence-corrected chi connectivity index (χ2v) is 3.11. The van der Waals surface area contributed by atoms with Crippen LogP contribution in [0.3, 0.4) is 0 Å². The fourth-order valence-electron chi connectivity index (χ4n) is 1.30. The topological polar surface area (TPSA) is 75.8 Å². The molecule has 1 aliphatic heterocycles. The number of β-amino-alcohol motifs (C(OH)–C–C–N with tert-alkyl or cyclic N) is 1. The van der Waals surface area contributed by atoms with Crippen molar-refractivity contribution in [3.63, 3.8) is 0 Å². The molecular weight excluding hydrogens is 172 g/mol. The third kappa shape index (κ3) is 3.30. The molecule has 0 aliphatic carbocycles.